The zero-order chi connectivity index (χ0) is 15.6. The summed E-state index contributed by atoms with van der Waals surface area (Å²) in [5.41, 5.74) is 4.43. The van der Waals surface area contributed by atoms with E-state index in [1.54, 1.807) is 0 Å². The molecule has 2 aromatic heterocycles. The largest absolute Gasteiger partial charge is 0.310 e. The molecule has 2 heterocycles. The zero-order valence-corrected chi connectivity index (χ0v) is 13.2. The highest BCUT2D eigenvalue weighted by Crippen LogP contribution is 2.35. The second-order valence-electron chi connectivity index (χ2n) is 5.34. The molecule has 23 heavy (non-hydrogen) atoms. The van der Waals surface area contributed by atoms with E-state index in [-0.39, 0.29) is 0 Å². The molecule has 3 heteroatoms. The summed E-state index contributed by atoms with van der Waals surface area (Å²) in [5.74, 6) is 0. The van der Waals surface area contributed by atoms with E-state index in [2.05, 4.69) is 65.6 Å². The smallest absolute Gasteiger partial charge is 0.113 e. The number of pyridine rings is 1. The summed E-state index contributed by atoms with van der Waals surface area (Å²) in [6, 6.07) is 28.9. The number of nitrogens with zero attached hydrogens (tertiary/aromatic N) is 2. The summed E-state index contributed by atoms with van der Waals surface area (Å²) in [6.45, 7) is 0. The minimum atomic E-state index is 0.720. The third-order valence-electron chi connectivity index (χ3n) is 3.88. The van der Waals surface area contributed by atoms with E-state index in [0.717, 1.165) is 27.7 Å². The molecule has 112 valence electrons. The number of hydrogen-bond donors (Lipinski definition) is 0. The average molecular weight is 319 g/mol. The van der Waals surface area contributed by atoms with Crippen molar-refractivity contribution in [3.8, 4) is 0 Å². The number of para-hydroxylation sites is 2. The Morgan fingerprint density at radius 2 is 1.26 bits per heavy atom. The van der Waals surface area contributed by atoms with Crippen LogP contribution in [0.25, 0.3) is 5.52 Å². The first kappa shape index (κ1) is 13.9. The molecule has 0 unspecified atom stereocenters. The SMILES string of the molecule is Clc1ccc2cc(N(c3ccccc3)c3ccccc3)ccn12. The Hall–Kier alpha value is -2.71. The van der Waals surface area contributed by atoms with Crippen LogP contribution in [-0.2, 0) is 0 Å². The first-order valence-corrected chi connectivity index (χ1v) is 7.87. The molecule has 0 saturated heterocycles. The predicted molar refractivity (Wildman–Crippen MR) is 97.1 cm³/mol. The Labute approximate surface area is 140 Å². The van der Waals surface area contributed by atoms with Crippen molar-refractivity contribution < 1.29 is 0 Å². The van der Waals surface area contributed by atoms with Crippen molar-refractivity contribution in [1.29, 1.82) is 0 Å². The van der Waals surface area contributed by atoms with Crippen LogP contribution >= 0.6 is 11.6 Å². The molecule has 0 aliphatic carbocycles. The maximum atomic E-state index is 6.19. The van der Waals surface area contributed by atoms with Crippen molar-refractivity contribution in [2.75, 3.05) is 4.90 Å². The number of aromatic nitrogens is 1. The van der Waals surface area contributed by atoms with Crippen molar-refractivity contribution in [2.24, 2.45) is 0 Å². The number of anilines is 3. The van der Waals surface area contributed by atoms with Gasteiger partial charge in [0.1, 0.15) is 5.15 Å². The maximum Gasteiger partial charge on any atom is 0.113 e. The molecule has 4 rings (SSSR count). The van der Waals surface area contributed by atoms with Crippen molar-refractivity contribution in [3.05, 3.63) is 96.3 Å². The van der Waals surface area contributed by atoms with Gasteiger partial charge in [-0.3, -0.25) is 0 Å². The summed E-state index contributed by atoms with van der Waals surface area (Å²) in [4.78, 5) is 2.24. The number of rotatable bonds is 3. The van der Waals surface area contributed by atoms with E-state index in [1.165, 1.54) is 0 Å². The van der Waals surface area contributed by atoms with Crippen molar-refractivity contribution in [3.63, 3.8) is 0 Å². The number of fused-ring (bicyclic) bond motifs is 1. The van der Waals surface area contributed by atoms with E-state index in [0.29, 0.717) is 0 Å². The number of benzene rings is 2. The fourth-order valence-electron chi connectivity index (χ4n) is 2.80. The van der Waals surface area contributed by atoms with Crippen LogP contribution < -0.4 is 4.90 Å². The van der Waals surface area contributed by atoms with Crippen molar-refractivity contribution >= 4 is 34.2 Å². The Morgan fingerprint density at radius 1 is 0.652 bits per heavy atom. The molecule has 0 saturated carbocycles. The van der Waals surface area contributed by atoms with Gasteiger partial charge in [0.05, 0.1) is 0 Å². The lowest BCUT2D eigenvalue weighted by atomic mass is 10.2. The topological polar surface area (TPSA) is 7.65 Å². The molecule has 0 aliphatic heterocycles. The normalized spacial score (nSPS) is 10.8. The lowest BCUT2D eigenvalue weighted by molar-refractivity contribution is 1.18. The Kier molecular flexibility index (Phi) is 3.52. The molecule has 0 amide bonds. The molecule has 2 nitrogen and oxygen atoms in total. The summed E-state index contributed by atoms with van der Waals surface area (Å²) >= 11 is 6.19. The van der Waals surface area contributed by atoms with Gasteiger partial charge in [-0.05, 0) is 48.5 Å². The van der Waals surface area contributed by atoms with Crippen LogP contribution in [0.15, 0.2) is 91.1 Å². The monoisotopic (exact) mass is 318 g/mol. The minimum absolute atomic E-state index is 0.720. The van der Waals surface area contributed by atoms with E-state index in [4.69, 9.17) is 11.6 Å². The lowest BCUT2D eigenvalue weighted by Crippen LogP contribution is -2.09. The van der Waals surface area contributed by atoms with Crippen LogP contribution in [0, 0.1) is 0 Å². The molecule has 0 N–H and O–H groups in total. The second kappa shape index (κ2) is 5.82. The molecular weight excluding hydrogens is 304 g/mol. The molecule has 0 bridgehead atoms. The Balaban J connectivity index is 1.90. The predicted octanol–water partition coefficient (Wildman–Crippen LogP) is 6.06. The summed E-state index contributed by atoms with van der Waals surface area (Å²) in [6.07, 6.45) is 2.01. The zero-order valence-electron chi connectivity index (χ0n) is 12.4. The molecule has 0 fully saturated rings. The van der Waals surface area contributed by atoms with Crippen LogP contribution in [-0.4, -0.2) is 4.40 Å². The molecule has 0 atom stereocenters. The van der Waals surface area contributed by atoms with Crippen LogP contribution in [0.4, 0.5) is 17.1 Å². The van der Waals surface area contributed by atoms with Gasteiger partial charge in [0.25, 0.3) is 0 Å². The third kappa shape index (κ3) is 2.58. The van der Waals surface area contributed by atoms with E-state index < -0.39 is 0 Å². The van der Waals surface area contributed by atoms with Crippen LogP contribution in [0.2, 0.25) is 5.15 Å². The Morgan fingerprint density at radius 3 is 1.87 bits per heavy atom. The second-order valence-corrected chi connectivity index (χ2v) is 5.73. The van der Waals surface area contributed by atoms with Gasteiger partial charge in [0, 0.05) is 28.8 Å². The number of halogens is 1. The molecule has 0 spiro atoms. The fourth-order valence-corrected chi connectivity index (χ4v) is 3.02. The van der Waals surface area contributed by atoms with Crippen LogP contribution in [0.5, 0.6) is 0 Å². The Bertz CT molecular complexity index is 890. The minimum Gasteiger partial charge on any atom is -0.310 e. The van der Waals surface area contributed by atoms with Crippen LogP contribution in [0.1, 0.15) is 0 Å². The van der Waals surface area contributed by atoms with Gasteiger partial charge in [-0.1, -0.05) is 48.0 Å². The van der Waals surface area contributed by atoms with Crippen molar-refractivity contribution in [2.45, 2.75) is 0 Å². The summed E-state index contributed by atoms with van der Waals surface area (Å²) in [7, 11) is 0. The van der Waals surface area contributed by atoms with Crippen molar-refractivity contribution in [1.82, 2.24) is 4.40 Å². The number of hydrogen-bond acceptors (Lipinski definition) is 1. The average Bonchev–Trinajstić information content (AvgIpc) is 2.98. The highest BCUT2D eigenvalue weighted by Gasteiger charge is 2.12. The highest BCUT2D eigenvalue weighted by molar-refractivity contribution is 6.30. The van der Waals surface area contributed by atoms with Gasteiger partial charge < -0.3 is 9.30 Å². The highest BCUT2D eigenvalue weighted by atomic mass is 35.5. The summed E-state index contributed by atoms with van der Waals surface area (Å²) in [5, 5.41) is 0.720. The maximum absolute atomic E-state index is 6.19. The molecule has 4 aromatic rings. The lowest BCUT2D eigenvalue weighted by Gasteiger charge is -2.25. The molecular formula is C20H15ClN2. The van der Waals surface area contributed by atoms with Gasteiger partial charge in [-0.25, -0.2) is 0 Å². The first-order chi connectivity index (χ1) is 11.3. The quantitative estimate of drug-likeness (QED) is 0.445. The van der Waals surface area contributed by atoms with Gasteiger partial charge in [-0.2, -0.15) is 0 Å². The molecule has 0 aliphatic rings. The van der Waals surface area contributed by atoms with Gasteiger partial charge in [0.2, 0.25) is 0 Å². The molecule has 2 aromatic carbocycles. The van der Waals surface area contributed by atoms with Gasteiger partial charge >= 0.3 is 0 Å². The first-order valence-electron chi connectivity index (χ1n) is 7.50. The summed E-state index contributed by atoms with van der Waals surface area (Å²) < 4.78 is 1.97. The van der Waals surface area contributed by atoms with Gasteiger partial charge in [-0.15, -0.1) is 0 Å². The van der Waals surface area contributed by atoms with E-state index in [9.17, 15) is 0 Å². The van der Waals surface area contributed by atoms with Crippen LogP contribution in [0.3, 0.4) is 0 Å². The molecule has 0 radical (unpaired) electrons. The van der Waals surface area contributed by atoms with Gasteiger partial charge in [0.15, 0.2) is 0 Å². The standard InChI is InChI=1S/C20H15ClN2/c21-20-12-11-18-15-19(13-14-22(18)20)23(16-7-3-1-4-8-16)17-9-5-2-6-10-17/h1-15H. The third-order valence-corrected chi connectivity index (χ3v) is 4.19. The van der Waals surface area contributed by atoms with E-state index in [1.807, 2.05) is 34.9 Å². The fraction of sp³-hybridized carbons (Fsp3) is 0. The van der Waals surface area contributed by atoms with E-state index >= 15 is 0 Å².